The number of H-pyrrole nitrogens is 1. The number of rotatable bonds is 5. The van der Waals surface area contributed by atoms with Gasteiger partial charge in [-0.3, -0.25) is 14.3 Å². The third-order valence-electron chi connectivity index (χ3n) is 7.29. The Bertz CT molecular complexity index is 1770. The fourth-order valence-electron chi connectivity index (χ4n) is 5.52. The number of imidazole rings is 1. The Balaban J connectivity index is 1.28. The Hall–Kier alpha value is -4.18. The van der Waals surface area contributed by atoms with Gasteiger partial charge in [0.15, 0.2) is 5.65 Å². The van der Waals surface area contributed by atoms with E-state index in [1.165, 1.54) is 6.33 Å². The van der Waals surface area contributed by atoms with E-state index >= 15 is 0 Å². The van der Waals surface area contributed by atoms with E-state index in [-0.39, 0.29) is 29.7 Å². The molecule has 10 nitrogen and oxygen atoms in total. The normalized spacial score (nSPS) is 14.8. The van der Waals surface area contributed by atoms with E-state index in [4.69, 9.17) is 11.6 Å². The number of hydrogen-bond donors (Lipinski definition) is 2. The SMILES string of the molecule is CC(C)(C)Nc1ncnc2c1c(-c1ccccc1Cl)cn2CC(=O)N1CCC(n2c(=O)[nH]c3ncccc32)CC1. The van der Waals surface area contributed by atoms with Crippen LogP contribution in [0.3, 0.4) is 0 Å². The lowest BCUT2D eigenvalue weighted by Gasteiger charge is -2.32. The van der Waals surface area contributed by atoms with E-state index in [2.05, 4.69) is 46.0 Å². The summed E-state index contributed by atoms with van der Waals surface area (Å²) in [7, 11) is 0. The number of amides is 1. The molecular formula is C29H31ClN8O2. The molecule has 206 valence electrons. The molecule has 0 saturated carbocycles. The predicted octanol–water partition coefficient (Wildman–Crippen LogP) is 4.86. The maximum Gasteiger partial charge on any atom is 0.327 e. The van der Waals surface area contributed by atoms with Crippen molar-refractivity contribution in [2.75, 3.05) is 18.4 Å². The number of nitrogens with zero attached hydrogens (tertiary/aromatic N) is 6. The highest BCUT2D eigenvalue weighted by molar-refractivity contribution is 6.33. The number of aromatic amines is 1. The minimum atomic E-state index is -0.232. The standard InChI is InChI=1S/C29H31ClN8O2/c1-29(2,3)35-26-24-20(19-7-4-5-8-21(19)30)15-37(27(24)33-17-32-26)16-23(39)36-13-10-18(11-14-36)38-22-9-6-12-31-25(22)34-28(38)40/h4-9,12,15,17-18H,10-11,13-14,16H2,1-3H3,(H,31,34,40)(H,32,33,35). The van der Waals surface area contributed by atoms with Crippen LogP contribution in [-0.4, -0.2) is 58.5 Å². The van der Waals surface area contributed by atoms with Crippen LogP contribution in [0.5, 0.6) is 0 Å². The van der Waals surface area contributed by atoms with Gasteiger partial charge in [-0.15, -0.1) is 0 Å². The average Bonchev–Trinajstić information content (AvgIpc) is 3.45. The van der Waals surface area contributed by atoms with Crippen molar-refractivity contribution in [2.24, 2.45) is 0 Å². The molecule has 4 aromatic heterocycles. The molecule has 1 fully saturated rings. The summed E-state index contributed by atoms with van der Waals surface area (Å²) in [6, 6.07) is 11.4. The van der Waals surface area contributed by atoms with Crippen LogP contribution in [-0.2, 0) is 11.3 Å². The number of nitrogens with one attached hydrogen (secondary N) is 2. The molecular weight excluding hydrogens is 528 g/mol. The fraction of sp³-hybridized carbons (Fsp3) is 0.345. The molecule has 0 radical (unpaired) electrons. The Labute approximate surface area is 236 Å². The Morgan fingerprint density at radius 3 is 2.60 bits per heavy atom. The summed E-state index contributed by atoms with van der Waals surface area (Å²) in [5.41, 5.74) is 3.37. The highest BCUT2D eigenvalue weighted by atomic mass is 35.5. The molecule has 11 heteroatoms. The summed E-state index contributed by atoms with van der Waals surface area (Å²) < 4.78 is 3.66. The van der Waals surface area contributed by atoms with Crippen LogP contribution in [0, 0.1) is 0 Å². The number of carbonyl (C=O) groups excluding carboxylic acids is 1. The van der Waals surface area contributed by atoms with Crippen LogP contribution in [0.1, 0.15) is 39.7 Å². The van der Waals surface area contributed by atoms with E-state index in [0.717, 1.165) is 22.0 Å². The molecule has 40 heavy (non-hydrogen) atoms. The molecule has 2 N–H and O–H groups in total. The predicted molar refractivity (Wildman–Crippen MR) is 157 cm³/mol. The first-order valence-electron chi connectivity index (χ1n) is 13.4. The monoisotopic (exact) mass is 558 g/mol. The molecule has 6 rings (SSSR count). The average molecular weight is 559 g/mol. The molecule has 1 amide bonds. The number of anilines is 1. The second-order valence-corrected chi connectivity index (χ2v) is 11.6. The van der Waals surface area contributed by atoms with Gasteiger partial charge in [0.2, 0.25) is 5.91 Å². The van der Waals surface area contributed by atoms with Crippen molar-refractivity contribution in [2.45, 2.75) is 51.7 Å². The van der Waals surface area contributed by atoms with E-state index in [9.17, 15) is 9.59 Å². The second kappa shape index (κ2) is 10.1. The maximum atomic E-state index is 13.5. The van der Waals surface area contributed by atoms with Crippen LogP contribution >= 0.6 is 11.6 Å². The number of piperidine rings is 1. The van der Waals surface area contributed by atoms with E-state index < -0.39 is 0 Å². The smallest absolute Gasteiger partial charge is 0.327 e. The number of halogens is 1. The van der Waals surface area contributed by atoms with Crippen LogP contribution in [0.25, 0.3) is 33.3 Å². The number of fused-ring (bicyclic) bond motifs is 2. The van der Waals surface area contributed by atoms with Gasteiger partial charge in [0.25, 0.3) is 0 Å². The molecule has 0 unspecified atom stereocenters. The zero-order valence-electron chi connectivity index (χ0n) is 22.7. The van der Waals surface area contributed by atoms with Crippen LogP contribution in [0.2, 0.25) is 5.02 Å². The first kappa shape index (κ1) is 26.1. The van der Waals surface area contributed by atoms with Crippen molar-refractivity contribution < 1.29 is 4.79 Å². The quantitative estimate of drug-likeness (QED) is 0.318. The van der Waals surface area contributed by atoms with E-state index in [0.29, 0.717) is 48.1 Å². The molecule has 1 aliphatic heterocycles. The minimum absolute atomic E-state index is 0.00191. The van der Waals surface area contributed by atoms with Gasteiger partial charge in [-0.1, -0.05) is 29.8 Å². The van der Waals surface area contributed by atoms with Crippen LogP contribution in [0.15, 0.2) is 59.9 Å². The van der Waals surface area contributed by atoms with Gasteiger partial charge in [0.1, 0.15) is 24.3 Å². The summed E-state index contributed by atoms with van der Waals surface area (Å²) in [5, 5.41) is 4.92. The number of pyridine rings is 1. The van der Waals surface area contributed by atoms with Gasteiger partial charge in [-0.25, -0.2) is 19.7 Å². The molecule has 5 heterocycles. The highest BCUT2D eigenvalue weighted by Gasteiger charge is 2.28. The lowest BCUT2D eigenvalue weighted by atomic mass is 10.0. The maximum absolute atomic E-state index is 13.5. The van der Waals surface area contributed by atoms with Crippen molar-refractivity contribution >= 4 is 45.5 Å². The van der Waals surface area contributed by atoms with E-state index in [1.54, 1.807) is 10.8 Å². The number of aromatic nitrogens is 6. The van der Waals surface area contributed by atoms with Gasteiger partial charge >= 0.3 is 5.69 Å². The Morgan fingerprint density at radius 2 is 1.85 bits per heavy atom. The summed E-state index contributed by atoms with van der Waals surface area (Å²) in [6.07, 6.45) is 6.50. The van der Waals surface area contributed by atoms with Crippen molar-refractivity contribution in [1.29, 1.82) is 0 Å². The molecule has 5 aromatic rings. The first-order chi connectivity index (χ1) is 19.2. The molecule has 0 bridgehead atoms. The highest BCUT2D eigenvalue weighted by Crippen LogP contribution is 2.38. The molecule has 0 spiro atoms. The fourth-order valence-corrected chi connectivity index (χ4v) is 5.76. The molecule has 0 atom stereocenters. The van der Waals surface area contributed by atoms with Crippen molar-refractivity contribution in [1.82, 2.24) is 34.0 Å². The molecule has 1 aromatic carbocycles. The van der Waals surface area contributed by atoms with Crippen molar-refractivity contribution in [3.63, 3.8) is 0 Å². The first-order valence-corrected chi connectivity index (χ1v) is 13.8. The van der Waals surface area contributed by atoms with Crippen LogP contribution < -0.4 is 11.0 Å². The minimum Gasteiger partial charge on any atom is -0.365 e. The summed E-state index contributed by atoms with van der Waals surface area (Å²) in [6.45, 7) is 7.47. The second-order valence-electron chi connectivity index (χ2n) is 11.2. The zero-order chi connectivity index (χ0) is 28.0. The number of hydrogen-bond acceptors (Lipinski definition) is 6. The van der Waals surface area contributed by atoms with Crippen LogP contribution in [0.4, 0.5) is 5.82 Å². The number of carbonyl (C=O) groups is 1. The topological polar surface area (TPSA) is 114 Å². The van der Waals surface area contributed by atoms with Gasteiger partial charge in [-0.05, 0) is 51.8 Å². The van der Waals surface area contributed by atoms with Gasteiger partial charge < -0.3 is 14.8 Å². The molecule has 1 saturated heterocycles. The van der Waals surface area contributed by atoms with Crippen molar-refractivity contribution in [3.8, 4) is 11.1 Å². The lowest BCUT2D eigenvalue weighted by Crippen LogP contribution is -2.41. The van der Waals surface area contributed by atoms with Crippen molar-refractivity contribution in [3.05, 3.63) is 70.6 Å². The largest absolute Gasteiger partial charge is 0.365 e. The van der Waals surface area contributed by atoms with Gasteiger partial charge in [0.05, 0.1) is 10.9 Å². The summed E-state index contributed by atoms with van der Waals surface area (Å²) >= 11 is 6.61. The molecule has 0 aliphatic carbocycles. The summed E-state index contributed by atoms with van der Waals surface area (Å²) in [5.74, 6) is 0.691. The van der Waals surface area contributed by atoms with Gasteiger partial charge in [-0.2, -0.15) is 0 Å². The molecule has 1 aliphatic rings. The Morgan fingerprint density at radius 1 is 1.07 bits per heavy atom. The lowest BCUT2D eigenvalue weighted by molar-refractivity contribution is -0.133. The van der Waals surface area contributed by atoms with E-state index in [1.807, 2.05) is 52.1 Å². The summed E-state index contributed by atoms with van der Waals surface area (Å²) in [4.78, 5) is 44.3. The third-order valence-corrected chi connectivity index (χ3v) is 7.62. The Kier molecular flexibility index (Phi) is 6.58. The number of benzene rings is 1. The van der Waals surface area contributed by atoms with Gasteiger partial charge in [0, 0.05) is 53.2 Å². The third kappa shape index (κ3) is 4.83. The number of likely N-dealkylation sites (tertiary alicyclic amines) is 1. The zero-order valence-corrected chi connectivity index (χ0v) is 23.4.